The van der Waals surface area contributed by atoms with E-state index in [2.05, 4.69) is 91.6 Å². The zero-order valence-electron chi connectivity index (χ0n) is 26.0. The molecule has 224 valence electrons. The Bertz CT molecular complexity index is 1720. The SMILES string of the molecule is c1ccc2c(c1)C[n+]1ccn(C34CC5CC(CC(C5)C3)C4)c1-2.c1ccc2c(c1)C[n+]1ccn(C3C4CC5CC(C4)CC3C5)c1-2. The van der Waals surface area contributed by atoms with Crippen LogP contribution in [-0.4, -0.2) is 9.13 Å². The van der Waals surface area contributed by atoms with Gasteiger partial charge in [-0.25, -0.2) is 18.3 Å². The largest absolute Gasteiger partial charge is 0.290 e. The minimum atomic E-state index is 0.437. The fourth-order valence-corrected chi connectivity index (χ4v) is 13.2. The van der Waals surface area contributed by atoms with Crippen LogP contribution in [0.2, 0.25) is 0 Å². The van der Waals surface area contributed by atoms with Gasteiger partial charge in [0.05, 0.1) is 11.1 Å². The fourth-order valence-electron chi connectivity index (χ4n) is 13.2. The molecule has 4 aromatic rings. The molecule has 0 unspecified atom stereocenters. The lowest BCUT2D eigenvalue weighted by molar-refractivity contribution is -0.671. The van der Waals surface area contributed by atoms with E-state index in [-0.39, 0.29) is 0 Å². The van der Waals surface area contributed by atoms with E-state index in [1.165, 1.54) is 98.1 Å². The second-order valence-electron chi connectivity index (χ2n) is 16.7. The maximum absolute atomic E-state index is 2.71. The lowest BCUT2D eigenvalue weighted by atomic mass is 9.53. The number of fused-ring (bicyclic) bond motifs is 6. The van der Waals surface area contributed by atoms with Gasteiger partial charge in [0, 0.05) is 23.0 Å². The van der Waals surface area contributed by atoms with E-state index >= 15 is 0 Å². The summed E-state index contributed by atoms with van der Waals surface area (Å²) in [6.07, 6.45) is 25.8. The molecule has 0 radical (unpaired) electrons. The van der Waals surface area contributed by atoms with E-state index in [0.717, 1.165) is 60.6 Å². The van der Waals surface area contributed by atoms with Crippen LogP contribution in [-0.2, 0) is 18.6 Å². The Hall–Kier alpha value is -3.14. The number of aromatic nitrogens is 4. The highest BCUT2D eigenvalue weighted by Gasteiger charge is 2.56. The smallest absolute Gasteiger partial charge is 0.227 e. The number of rotatable bonds is 2. The summed E-state index contributed by atoms with van der Waals surface area (Å²) >= 11 is 0. The predicted octanol–water partition coefficient (Wildman–Crippen LogP) is 7.53. The van der Waals surface area contributed by atoms with E-state index in [4.69, 9.17) is 0 Å². The highest BCUT2D eigenvalue weighted by Crippen LogP contribution is 2.60. The number of benzene rings is 2. The summed E-state index contributed by atoms with van der Waals surface area (Å²) in [6.45, 7) is 2.12. The Morgan fingerprint density at radius 3 is 1.66 bits per heavy atom. The van der Waals surface area contributed by atoms with Crippen molar-refractivity contribution in [3.8, 4) is 22.8 Å². The summed E-state index contributed by atoms with van der Waals surface area (Å²) in [5, 5.41) is 0. The molecule has 4 nitrogen and oxygen atoms in total. The molecular formula is C40H46N4+2. The van der Waals surface area contributed by atoms with E-state index in [1.54, 1.807) is 6.42 Å². The number of hydrogen-bond donors (Lipinski definition) is 0. The summed E-state index contributed by atoms with van der Waals surface area (Å²) in [4.78, 5) is 0. The van der Waals surface area contributed by atoms with E-state index < -0.39 is 0 Å². The molecule has 0 atom stereocenters. The Kier molecular flexibility index (Phi) is 5.12. The lowest BCUT2D eigenvalue weighted by Crippen LogP contribution is -2.52. The van der Waals surface area contributed by atoms with Crippen LogP contribution in [0.25, 0.3) is 22.8 Å². The van der Waals surface area contributed by atoms with Crippen molar-refractivity contribution in [2.75, 3.05) is 0 Å². The molecule has 8 aliphatic carbocycles. The molecule has 0 N–H and O–H groups in total. The average Bonchev–Trinajstić information content (AvgIpc) is 3.77. The van der Waals surface area contributed by atoms with Crippen LogP contribution in [0, 0.1) is 41.4 Å². The third kappa shape index (κ3) is 3.52. The van der Waals surface area contributed by atoms with Crippen LogP contribution in [0.1, 0.15) is 87.8 Å². The molecule has 2 aliphatic heterocycles. The molecule has 4 heteroatoms. The van der Waals surface area contributed by atoms with E-state index in [0.29, 0.717) is 5.54 Å². The molecule has 0 saturated heterocycles. The molecule has 8 saturated carbocycles. The maximum atomic E-state index is 2.71. The van der Waals surface area contributed by atoms with Crippen LogP contribution in [0.15, 0.2) is 73.3 Å². The van der Waals surface area contributed by atoms with Gasteiger partial charge in [-0.05, 0) is 112 Å². The number of nitrogens with zero attached hydrogens (tertiary/aromatic N) is 4. The molecule has 0 amide bonds. The fraction of sp³-hybridized carbons (Fsp3) is 0.550. The minimum absolute atomic E-state index is 0.437. The first-order chi connectivity index (χ1) is 21.7. The summed E-state index contributed by atoms with van der Waals surface area (Å²) in [6, 6.07) is 18.8. The highest BCUT2D eigenvalue weighted by atomic mass is 15.2. The van der Waals surface area contributed by atoms with Crippen molar-refractivity contribution in [2.24, 2.45) is 41.4 Å². The molecule has 8 bridgehead atoms. The van der Waals surface area contributed by atoms with Crippen molar-refractivity contribution in [1.29, 1.82) is 0 Å². The normalized spacial score (nSPS) is 37.4. The highest BCUT2D eigenvalue weighted by molar-refractivity contribution is 5.61. The Morgan fingerprint density at radius 1 is 0.545 bits per heavy atom. The van der Waals surface area contributed by atoms with Gasteiger partial charge in [-0.3, -0.25) is 0 Å². The number of imidazole rings is 2. The Balaban J connectivity index is 0.000000110. The van der Waals surface area contributed by atoms with Gasteiger partial charge in [-0.2, -0.15) is 0 Å². The second kappa shape index (κ2) is 8.98. The summed E-state index contributed by atoms with van der Waals surface area (Å²) < 4.78 is 10.3. The predicted molar refractivity (Wildman–Crippen MR) is 171 cm³/mol. The van der Waals surface area contributed by atoms with Crippen LogP contribution in [0.5, 0.6) is 0 Å². The van der Waals surface area contributed by atoms with Gasteiger partial charge < -0.3 is 0 Å². The van der Waals surface area contributed by atoms with Crippen LogP contribution in [0.3, 0.4) is 0 Å². The van der Waals surface area contributed by atoms with Crippen molar-refractivity contribution in [3.05, 3.63) is 84.4 Å². The maximum Gasteiger partial charge on any atom is 0.290 e. The quantitative estimate of drug-likeness (QED) is 0.188. The number of hydrogen-bond acceptors (Lipinski definition) is 0. The zero-order valence-corrected chi connectivity index (χ0v) is 26.0. The van der Waals surface area contributed by atoms with Crippen molar-refractivity contribution in [3.63, 3.8) is 0 Å². The van der Waals surface area contributed by atoms with Crippen LogP contribution < -0.4 is 9.13 Å². The second-order valence-corrected chi connectivity index (χ2v) is 16.7. The van der Waals surface area contributed by atoms with Crippen LogP contribution in [0.4, 0.5) is 0 Å². The van der Waals surface area contributed by atoms with Crippen LogP contribution >= 0.6 is 0 Å². The van der Waals surface area contributed by atoms with Gasteiger partial charge in [-0.1, -0.05) is 36.4 Å². The van der Waals surface area contributed by atoms with Gasteiger partial charge in [0.2, 0.25) is 0 Å². The Morgan fingerprint density at radius 2 is 1.05 bits per heavy atom. The molecule has 44 heavy (non-hydrogen) atoms. The third-order valence-electron chi connectivity index (χ3n) is 14.0. The molecule has 14 rings (SSSR count). The van der Waals surface area contributed by atoms with Gasteiger partial charge in [-0.15, -0.1) is 0 Å². The molecular weight excluding hydrogens is 536 g/mol. The van der Waals surface area contributed by atoms with Crippen molar-refractivity contribution in [2.45, 2.75) is 95.3 Å². The Labute approximate surface area is 261 Å². The van der Waals surface area contributed by atoms with Gasteiger partial charge >= 0.3 is 0 Å². The zero-order chi connectivity index (χ0) is 28.6. The summed E-state index contributed by atoms with van der Waals surface area (Å²) in [7, 11) is 0. The molecule has 4 heterocycles. The summed E-state index contributed by atoms with van der Waals surface area (Å²) in [5.74, 6) is 9.99. The van der Waals surface area contributed by atoms with Gasteiger partial charge in [0.1, 0.15) is 49.5 Å². The first kappa shape index (κ1) is 25.1. The van der Waals surface area contributed by atoms with E-state index in [1.807, 2.05) is 0 Å². The van der Waals surface area contributed by atoms with Crippen molar-refractivity contribution >= 4 is 0 Å². The monoisotopic (exact) mass is 582 g/mol. The van der Waals surface area contributed by atoms with Crippen molar-refractivity contribution < 1.29 is 9.13 Å². The minimum Gasteiger partial charge on any atom is -0.227 e. The molecule has 0 spiro atoms. The molecule has 10 aliphatic rings. The average molecular weight is 583 g/mol. The molecule has 2 aromatic heterocycles. The van der Waals surface area contributed by atoms with Gasteiger partial charge in [0.15, 0.2) is 0 Å². The summed E-state index contributed by atoms with van der Waals surface area (Å²) in [5.41, 5.74) is 6.38. The standard InChI is InChI=1S/2C20H23N2/c1-2-4-18-17(3-1)13-21-5-6-22(19(18)21)20-10-14-7-15(11-20)9-16(8-14)12-20;1-2-4-18-15(3-1)12-21-5-6-22(20(18)21)19-16-8-13-7-14(10-16)11-17(19)9-13/h1-6,14-16H,7-13H2;1-6,13-14,16-17,19H,7-12H2/q2*+1. The van der Waals surface area contributed by atoms with Crippen molar-refractivity contribution in [1.82, 2.24) is 9.13 Å². The lowest BCUT2D eigenvalue weighted by Gasteiger charge is -2.54. The first-order valence-corrected chi connectivity index (χ1v) is 18.1. The molecule has 2 aromatic carbocycles. The topological polar surface area (TPSA) is 17.6 Å². The van der Waals surface area contributed by atoms with Gasteiger partial charge in [0.25, 0.3) is 11.6 Å². The first-order valence-electron chi connectivity index (χ1n) is 18.1. The van der Waals surface area contributed by atoms with E-state index in [9.17, 15) is 0 Å². The molecule has 8 fully saturated rings. The third-order valence-corrected chi connectivity index (χ3v) is 14.0.